The van der Waals surface area contributed by atoms with Gasteiger partial charge in [-0.15, -0.1) is 0 Å². The minimum Gasteiger partial charge on any atom is -0.350 e. The molecular formula is C13H17BrFN3. The quantitative estimate of drug-likeness (QED) is 0.926. The first kappa shape index (κ1) is 12.4. The molecule has 1 atom stereocenters. The van der Waals surface area contributed by atoms with Crippen molar-refractivity contribution in [2.75, 3.05) is 18.0 Å². The number of pyridine rings is 1. The van der Waals surface area contributed by atoms with Crippen molar-refractivity contribution in [2.24, 2.45) is 0 Å². The lowest BCUT2D eigenvalue weighted by atomic mass is 10.2. The van der Waals surface area contributed by atoms with Crippen LogP contribution in [0.4, 0.5) is 10.2 Å². The predicted molar refractivity (Wildman–Crippen MR) is 73.3 cm³/mol. The fourth-order valence-corrected chi connectivity index (χ4v) is 2.87. The number of halogens is 2. The second-order valence-electron chi connectivity index (χ2n) is 5.14. The maximum atomic E-state index is 14.0. The molecule has 1 aromatic rings. The van der Waals surface area contributed by atoms with Gasteiger partial charge in [0.1, 0.15) is 0 Å². The molecule has 1 aromatic heterocycles. The summed E-state index contributed by atoms with van der Waals surface area (Å²) >= 11 is 3.25. The fraction of sp³-hybridized carbons (Fsp3) is 0.615. The molecule has 1 aliphatic carbocycles. The minimum absolute atomic E-state index is 0.228. The SMILES string of the molecule is Fc1cc(Br)cnc1N(CC1CCCN1)C1CC1. The zero-order chi connectivity index (χ0) is 12.5. The van der Waals surface area contributed by atoms with Crippen molar-refractivity contribution in [2.45, 2.75) is 37.8 Å². The summed E-state index contributed by atoms with van der Waals surface area (Å²) in [6.07, 6.45) is 6.39. The fourth-order valence-electron chi connectivity index (χ4n) is 2.56. The first-order valence-corrected chi connectivity index (χ1v) is 7.34. The molecule has 5 heteroatoms. The summed E-state index contributed by atoms with van der Waals surface area (Å²) in [4.78, 5) is 6.40. The van der Waals surface area contributed by atoms with Crippen molar-refractivity contribution in [3.63, 3.8) is 0 Å². The van der Waals surface area contributed by atoms with Crippen LogP contribution in [0.1, 0.15) is 25.7 Å². The number of aromatic nitrogens is 1. The zero-order valence-corrected chi connectivity index (χ0v) is 11.8. The predicted octanol–water partition coefficient (Wildman–Crippen LogP) is 2.70. The van der Waals surface area contributed by atoms with Crippen LogP contribution in [0.3, 0.4) is 0 Å². The summed E-state index contributed by atoms with van der Waals surface area (Å²) in [6, 6.07) is 2.46. The Labute approximate surface area is 115 Å². The number of rotatable bonds is 4. The Morgan fingerprint density at radius 1 is 1.44 bits per heavy atom. The van der Waals surface area contributed by atoms with Crippen LogP contribution in [0.15, 0.2) is 16.7 Å². The van der Waals surface area contributed by atoms with Gasteiger partial charge in [-0.25, -0.2) is 9.37 Å². The average molecular weight is 314 g/mol. The third kappa shape index (κ3) is 2.67. The Balaban J connectivity index is 1.79. The van der Waals surface area contributed by atoms with Crippen molar-refractivity contribution < 1.29 is 4.39 Å². The van der Waals surface area contributed by atoms with Gasteiger partial charge in [0.25, 0.3) is 0 Å². The van der Waals surface area contributed by atoms with E-state index >= 15 is 0 Å². The van der Waals surface area contributed by atoms with Crippen molar-refractivity contribution in [3.8, 4) is 0 Å². The van der Waals surface area contributed by atoms with Crippen LogP contribution in [0.5, 0.6) is 0 Å². The Morgan fingerprint density at radius 2 is 2.28 bits per heavy atom. The van der Waals surface area contributed by atoms with Gasteiger partial charge in [-0.2, -0.15) is 0 Å². The first-order valence-electron chi connectivity index (χ1n) is 6.55. The molecule has 3 rings (SSSR count). The van der Waals surface area contributed by atoms with E-state index in [4.69, 9.17) is 0 Å². The van der Waals surface area contributed by atoms with E-state index in [-0.39, 0.29) is 5.82 Å². The zero-order valence-electron chi connectivity index (χ0n) is 10.2. The molecule has 0 radical (unpaired) electrons. The highest BCUT2D eigenvalue weighted by Crippen LogP contribution is 2.33. The number of hydrogen-bond acceptors (Lipinski definition) is 3. The highest BCUT2D eigenvalue weighted by Gasteiger charge is 2.33. The van der Waals surface area contributed by atoms with E-state index in [1.807, 2.05) is 0 Å². The Kier molecular flexibility index (Phi) is 3.52. The van der Waals surface area contributed by atoms with Crippen LogP contribution in [-0.4, -0.2) is 30.2 Å². The van der Waals surface area contributed by atoms with E-state index in [0.717, 1.165) is 25.9 Å². The summed E-state index contributed by atoms with van der Waals surface area (Å²) < 4.78 is 14.7. The van der Waals surface area contributed by atoms with E-state index in [1.165, 1.54) is 18.9 Å². The van der Waals surface area contributed by atoms with Crippen molar-refractivity contribution in [1.82, 2.24) is 10.3 Å². The molecule has 1 N–H and O–H groups in total. The smallest absolute Gasteiger partial charge is 0.166 e. The maximum Gasteiger partial charge on any atom is 0.166 e. The maximum absolute atomic E-state index is 14.0. The molecule has 1 unspecified atom stereocenters. The van der Waals surface area contributed by atoms with Crippen molar-refractivity contribution >= 4 is 21.7 Å². The molecule has 0 bridgehead atoms. The Bertz CT molecular complexity index is 430. The number of nitrogens with one attached hydrogen (secondary N) is 1. The van der Waals surface area contributed by atoms with Crippen LogP contribution >= 0.6 is 15.9 Å². The standard InChI is InChI=1S/C13H17BrFN3/c14-9-6-12(15)13(17-7-9)18(11-3-4-11)8-10-2-1-5-16-10/h6-7,10-11,16H,1-5,8H2. The van der Waals surface area contributed by atoms with E-state index in [2.05, 4.69) is 31.1 Å². The summed E-state index contributed by atoms with van der Waals surface area (Å²) in [5.74, 6) is 0.281. The molecule has 2 aliphatic rings. The molecular weight excluding hydrogens is 297 g/mol. The van der Waals surface area contributed by atoms with Crippen LogP contribution < -0.4 is 10.2 Å². The minimum atomic E-state index is -0.228. The molecule has 0 aromatic carbocycles. The summed E-state index contributed by atoms with van der Waals surface area (Å²) in [6.45, 7) is 1.95. The van der Waals surface area contributed by atoms with Gasteiger partial charge in [-0.05, 0) is 54.2 Å². The van der Waals surface area contributed by atoms with E-state index < -0.39 is 0 Å². The monoisotopic (exact) mass is 313 g/mol. The van der Waals surface area contributed by atoms with Gasteiger partial charge >= 0.3 is 0 Å². The number of nitrogens with zero attached hydrogens (tertiary/aromatic N) is 2. The van der Waals surface area contributed by atoms with E-state index in [0.29, 0.717) is 22.4 Å². The lowest BCUT2D eigenvalue weighted by Gasteiger charge is -2.27. The second kappa shape index (κ2) is 5.13. The van der Waals surface area contributed by atoms with E-state index in [1.54, 1.807) is 6.20 Å². The third-order valence-corrected chi connectivity index (χ3v) is 4.06. The highest BCUT2D eigenvalue weighted by atomic mass is 79.9. The van der Waals surface area contributed by atoms with Crippen LogP contribution in [0.25, 0.3) is 0 Å². The van der Waals surface area contributed by atoms with Crippen LogP contribution in [-0.2, 0) is 0 Å². The average Bonchev–Trinajstić information content (AvgIpc) is 3.05. The van der Waals surface area contributed by atoms with Gasteiger partial charge < -0.3 is 10.2 Å². The molecule has 1 aliphatic heterocycles. The summed E-state index contributed by atoms with van der Waals surface area (Å²) in [7, 11) is 0. The molecule has 0 spiro atoms. The lowest BCUT2D eigenvalue weighted by Crippen LogP contribution is -2.39. The van der Waals surface area contributed by atoms with Gasteiger partial charge in [0.2, 0.25) is 0 Å². The molecule has 3 nitrogen and oxygen atoms in total. The molecule has 1 saturated heterocycles. The normalized spacial score (nSPS) is 23.3. The molecule has 0 amide bonds. The molecule has 18 heavy (non-hydrogen) atoms. The molecule has 2 heterocycles. The third-order valence-electron chi connectivity index (χ3n) is 3.63. The Hall–Kier alpha value is -0.680. The van der Waals surface area contributed by atoms with Crippen molar-refractivity contribution in [1.29, 1.82) is 0 Å². The van der Waals surface area contributed by atoms with Gasteiger partial charge in [0.05, 0.1) is 0 Å². The van der Waals surface area contributed by atoms with Crippen LogP contribution in [0.2, 0.25) is 0 Å². The van der Waals surface area contributed by atoms with Gasteiger partial charge in [0.15, 0.2) is 11.6 Å². The Morgan fingerprint density at radius 3 is 2.89 bits per heavy atom. The molecule has 98 valence electrons. The first-order chi connectivity index (χ1) is 8.74. The largest absolute Gasteiger partial charge is 0.350 e. The van der Waals surface area contributed by atoms with Gasteiger partial charge in [0, 0.05) is 29.3 Å². The van der Waals surface area contributed by atoms with Crippen molar-refractivity contribution in [3.05, 3.63) is 22.6 Å². The second-order valence-corrected chi connectivity index (χ2v) is 6.05. The molecule has 2 fully saturated rings. The lowest BCUT2D eigenvalue weighted by molar-refractivity contribution is 0.555. The topological polar surface area (TPSA) is 28.2 Å². The van der Waals surface area contributed by atoms with Gasteiger partial charge in [-0.3, -0.25) is 0 Å². The summed E-state index contributed by atoms with van der Waals surface area (Å²) in [5, 5.41) is 3.47. The summed E-state index contributed by atoms with van der Waals surface area (Å²) in [5.41, 5.74) is 0. The van der Waals surface area contributed by atoms with Crippen LogP contribution in [0, 0.1) is 5.82 Å². The molecule has 1 saturated carbocycles. The number of anilines is 1. The van der Waals surface area contributed by atoms with Gasteiger partial charge in [-0.1, -0.05) is 0 Å². The number of hydrogen-bond donors (Lipinski definition) is 1. The van der Waals surface area contributed by atoms with E-state index in [9.17, 15) is 4.39 Å². The highest BCUT2D eigenvalue weighted by molar-refractivity contribution is 9.10.